The molecule has 0 saturated heterocycles. The van der Waals surface area contributed by atoms with Crippen molar-refractivity contribution in [2.75, 3.05) is 20.6 Å². The van der Waals surface area contributed by atoms with Gasteiger partial charge < -0.3 is 20.4 Å². The van der Waals surface area contributed by atoms with Gasteiger partial charge in [0.2, 0.25) is 0 Å². The zero-order valence-corrected chi connectivity index (χ0v) is 20.3. The maximum atomic E-state index is 13.0. The van der Waals surface area contributed by atoms with E-state index in [1.54, 1.807) is 13.0 Å². The van der Waals surface area contributed by atoms with Crippen molar-refractivity contribution in [2.45, 2.75) is 64.3 Å². The molecule has 33 heavy (non-hydrogen) atoms. The van der Waals surface area contributed by atoms with E-state index < -0.39 is 23.9 Å². The molecule has 2 atom stereocenters. The van der Waals surface area contributed by atoms with Crippen molar-refractivity contribution in [3.05, 3.63) is 45.1 Å². The van der Waals surface area contributed by atoms with Gasteiger partial charge in [0.1, 0.15) is 12.1 Å². The van der Waals surface area contributed by atoms with E-state index in [9.17, 15) is 19.8 Å². The number of amides is 1. The third-order valence-electron chi connectivity index (χ3n) is 6.08. The number of carbonyl (C=O) groups is 1. The predicted octanol–water partition coefficient (Wildman–Crippen LogP) is 1.94. The van der Waals surface area contributed by atoms with E-state index in [1.807, 2.05) is 19.0 Å². The van der Waals surface area contributed by atoms with Gasteiger partial charge >= 0.3 is 5.69 Å². The summed E-state index contributed by atoms with van der Waals surface area (Å²) in [5, 5.41) is 28.0. The number of aryl methyl sites for hydroxylation is 1. The molecule has 1 fully saturated rings. The van der Waals surface area contributed by atoms with Crippen molar-refractivity contribution in [1.82, 2.24) is 24.6 Å². The summed E-state index contributed by atoms with van der Waals surface area (Å²) in [6, 6.07) is 4.63. The van der Waals surface area contributed by atoms with Crippen LogP contribution in [0.3, 0.4) is 0 Å². The molecular formula is C23H34ClN5O4. The molecule has 0 radical (unpaired) electrons. The smallest absolute Gasteiger partial charge is 0.350 e. The van der Waals surface area contributed by atoms with Crippen LogP contribution in [0.25, 0.3) is 5.69 Å². The van der Waals surface area contributed by atoms with E-state index in [1.165, 1.54) is 21.4 Å². The monoisotopic (exact) mass is 479 g/mol. The van der Waals surface area contributed by atoms with E-state index in [2.05, 4.69) is 10.4 Å². The molecule has 3 rings (SSSR count). The molecule has 2 unspecified atom stereocenters. The number of likely N-dealkylation sites (N-methyl/N-ethyl adjacent to an activating group) is 1. The highest BCUT2D eigenvalue weighted by molar-refractivity contribution is 6.33. The molecule has 1 saturated carbocycles. The fraction of sp³-hybridized carbons (Fsp3) is 0.609. The maximum absolute atomic E-state index is 13.0. The first-order chi connectivity index (χ1) is 15.7. The second kappa shape index (κ2) is 11.3. The molecule has 1 aliphatic rings. The number of aromatic nitrogens is 3. The zero-order valence-electron chi connectivity index (χ0n) is 19.5. The molecule has 9 nitrogen and oxygen atoms in total. The average molecular weight is 480 g/mol. The molecule has 0 aliphatic heterocycles. The highest BCUT2D eigenvalue weighted by atomic mass is 35.5. The summed E-state index contributed by atoms with van der Waals surface area (Å²) in [5.74, 6) is -0.0280. The summed E-state index contributed by atoms with van der Waals surface area (Å²) in [5.41, 5.74) is 0.119. The molecular weight excluding hydrogens is 446 g/mol. The first-order valence-corrected chi connectivity index (χ1v) is 11.8. The van der Waals surface area contributed by atoms with Crippen molar-refractivity contribution >= 4 is 17.5 Å². The van der Waals surface area contributed by atoms with Crippen molar-refractivity contribution < 1.29 is 15.0 Å². The number of carbonyl (C=O) groups excluding carboxylic acids is 1. The third kappa shape index (κ3) is 6.44. The number of benzene rings is 1. The Hall–Kier alpha value is -2.20. The zero-order chi connectivity index (χ0) is 24.1. The van der Waals surface area contributed by atoms with Crippen LogP contribution in [-0.4, -0.2) is 68.3 Å². The van der Waals surface area contributed by atoms with Crippen molar-refractivity contribution in [1.29, 1.82) is 0 Å². The summed E-state index contributed by atoms with van der Waals surface area (Å²) >= 11 is 6.27. The molecule has 1 amide bonds. The van der Waals surface area contributed by atoms with E-state index in [-0.39, 0.29) is 23.0 Å². The fourth-order valence-electron chi connectivity index (χ4n) is 4.34. The Morgan fingerprint density at radius 3 is 2.55 bits per heavy atom. The Bertz CT molecular complexity index is 1010. The minimum absolute atomic E-state index is 0.0213. The van der Waals surface area contributed by atoms with Gasteiger partial charge in [0.05, 0.1) is 28.9 Å². The molecule has 3 N–H and O–H groups in total. The SMILES string of the molecule is Cc1nn(-c2ccc(Cl)c(C(=O)NC(O)C3CCCCCC3)c2)c(=O)n1CC(O)CN(C)C. The molecule has 1 aliphatic carbocycles. The van der Waals surface area contributed by atoms with Gasteiger partial charge in [-0.3, -0.25) is 9.36 Å². The van der Waals surface area contributed by atoms with Gasteiger partial charge in [0.15, 0.2) is 0 Å². The van der Waals surface area contributed by atoms with E-state index in [0.717, 1.165) is 38.5 Å². The standard InChI is InChI=1S/C23H34ClN5O4/c1-15-26-29(23(33)28(15)14-18(30)13-27(2)3)17-10-11-20(24)19(12-17)22(32)25-21(31)16-8-6-4-5-7-9-16/h10-12,16,18,21,30-31H,4-9,13-14H2,1-3H3,(H,25,32). The Morgan fingerprint density at radius 2 is 1.91 bits per heavy atom. The molecule has 0 spiro atoms. The van der Waals surface area contributed by atoms with Crippen LogP contribution < -0.4 is 11.0 Å². The highest BCUT2D eigenvalue weighted by Gasteiger charge is 2.24. The van der Waals surface area contributed by atoms with E-state index in [0.29, 0.717) is 18.1 Å². The first kappa shape index (κ1) is 25.4. The molecule has 10 heteroatoms. The topological polar surface area (TPSA) is 113 Å². The summed E-state index contributed by atoms with van der Waals surface area (Å²) in [4.78, 5) is 27.7. The van der Waals surface area contributed by atoms with Crippen LogP contribution in [0.4, 0.5) is 0 Å². The number of hydrogen-bond donors (Lipinski definition) is 3. The normalized spacial score (nSPS) is 17.1. The number of nitrogens with one attached hydrogen (secondary N) is 1. The van der Waals surface area contributed by atoms with Crippen LogP contribution in [0.15, 0.2) is 23.0 Å². The summed E-state index contributed by atoms with van der Waals surface area (Å²) in [6.07, 6.45) is 4.46. The fourth-order valence-corrected chi connectivity index (χ4v) is 4.54. The highest BCUT2D eigenvalue weighted by Crippen LogP contribution is 2.25. The molecule has 182 valence electrons. The molecule has 2 aromatic rings. The minimum atomic E-state index is -0.947. The van der Waals surface area contributed by atoms with Gasteiger partial charge in [-0.2, -0.15) is 9.78 Å². The van der Waals surface area contributed by atoms with Crippen LogP contribution in [0, 0.1) is 12.8 Å². The average Bonchev–Trinajstić information content (AvgIpc) is 2.94. The van der Waals surface area contributed by atoms with Gasteiger partial charge in [-0.15, -0.1) is 0 Å². The minimum Gasteiger partial charge on any atom is -0.390 e. The summed E-state index contributed by atoms with van der Waals surface area (Å²) in [7, 11) is 3.69. The van der Waals surface area contributed by atoms with Crippen LogP contribution in [0.5, 0.6) is 0 Å². The summed E-state index contributed by atoms with van der Waals surface area (Å²) in [6.45, 7) is 2.20. The lowest BCUT2D eigenvalue weighted by Gasteiger charge is -2.22. The number of halogens is 1. The van der Waals surface area contributed by atoms with Crippen LogP contribution >= 0.6 is 11.6 Å². The number of hydrogen-bond acceptors (Lipinski definition) is 6. The summed E-state index contributed by atoms with van der Waals surface area (Å²) < 4.78 is 2.59. The molecule has 0 bridgehead atoms. The molecule has 1 aromatic heterocycles. The van der Waals surface area contributed by atoms with Gasteiger partial charge in [0, 0.05) is 12.5 Å². The van der Waals surface area contributed by atoms with Crippen molar-refractivity contribution in [3.8, 4) is 5.69 Å². The second-order valence-corrected chi connectivity index (χ2v) is 9.51. The second-order valence-electron chi connectivity index (χ2n) is 9.10. The molecule has 1 heterocycles. The van der Waals surface area contributed by atoms with Crippen LogP contribution in [0.2, 0.25) is 5.02 Å². The number of aliphatic hydroxyl groups is 2. The molecule has 1 aromatic carbocycles. The Kier molecular flexibility index (Phi) is 8.69. The van der Waals surface area contributed by atoms with Gasteiger partial charge in [0.25, 0.3) is 5.91 Å². The van der Waals surface area contributed by atoms with Gasteiger partial charge in [-0.25, -0.2) is 4.79 Å². The predicted molar refractivity (Wildman–Crippen MR) is 127 cm³/mol. The Labute approximate surface area is 199 Å². The van der Waals surface area contributed by atoms with Crippen LogP contribution in [0.1, 0.15) is 54.7 Å². The van der Waals surface area contributed by atoms with Crippen molar-refractivity contribution in [3.63, 3.8) is 0 Å². The van der Waals surface area contributed by atoms with Crippen LogP contribution in [-0.2, 0) is 6.54 Å². The maximum Gasteiger partial charge on any atom is 0.350 e. The van der Waals surface area contributed by atoms with E-state index in [4.69, 9.17) is 11.6 Å². The first-order valence-electron chi connectivity index (χ1n) is 11.5. The number of nitrogens with zero attached hydrogens (tertiary/aromatic N) is 4. The third-order valence-corrected chi connectivity index (χ3v) is 6.41. The quantitative estimate of drug-likeness (QED) is 0.394. The van der Waals surface area contributed by atoms with Gasteiger partial charge in [-0.05, 0) is 52.1 Å². The number of rotatable bonds is 8. The lowest BCUT2D eigenvalue weighted by Crippen LogP contribution is -2.40. The number of aliphatic hydroxyl groups excluding tert-OH is 2. The van der Waals surface area contributed by atoms with Crippen molar-refractivity contribution in [2.24, 2.45) is 5.92 Å². The lowest BCUT2D eigenvalue weighted by atomic mass is 9.98. The van der Waals surface area contributed by atoms with Gasteiger partial charge in [-0.1, -0.05) is 37.3 Å². The van der Waals surface area contributed by atoms with E-state index >= 15 is 0 Å². The largest absolute Gasteiger partial charge is 0.390 e. The Morgan fingerprint density at radius 1 is 1.24 bits per heavy atom. The lowest BCUT2D eigenvalue weighted by molar-refractivity contribution is 0.0532. The Balaban J connectivity index is 1.80.